The van der Waals surface area contributed by atoms with Crippen molar-refractivity contribution in [1.29, 1.82) is 5.26 Å². The van der Waals surface area contributed by atoms with E-state index in [0.717, 1.165) is 34.0 Å². The fourth-order valence-electron chi connectivity index (χ4n) is 3.76. The van der Waals surface area contributed by atoms with Gasteiger partial charge in [0.15, 0.2) is 11.5 Å². The van der Waals surface area contributed by atoms with Gasteiger partial charge in [0, 0.05) is 23.1 Å². The second-order valence-corrected chi connectivity index (χ2v) is 7.48. The van der Waals surface area contributed by atoms with Crippen LogP contribution in [0.2, 0.25) is 0 Å². The largest absolute Gasteiger partial charge is 0.454 e. The van der Waals surface area contributed by atoms with Gasteiger partial charge in [-0.2, -0.15) is 5.26 Å². The van der Waals surface area contributed by atoms with Gasteiger partial charge < -0.3 is 19.4 Å². The van der Waals surface area contributed by atoms with Crippen molar-refractivity contribution in [2.24, 2.45) is 0 Å². The third kappa shape index (κ3) is 4.03. The molecule has 0 fully saturated rings. The second-order valence-electron chi connectivity index (χ2n) is 7.48. The van der Waals surface area contributed by atoms with Gasteiger partial charge in [-0.15, -0.1) is 0 Å². The summed E-state index contributed by atoms with van der Waals surface area (Å²) >= 11 is 0. The van der Waals surface area contributed by atoms with Crippen LogP contribution in [0.5, 0.6) is 11.5 Å². The number of benzene rings is 2. The molecule has 1 N–H and O–H groups in total. The molecule has 1 amide bonds. The summed E-state index contributed by atoms with van der Waals surface area (Å²) in [5, 5.41) is 12.5. The van der Waals surface area contributed by atoms with E-state index in [1.807, 2.05) is 81.4 Å². The lowest BCUT2D eigenvalue weighted by Gasteiger charge is -2.13. The summed E-state index contributed by atoms with van der Waals surface area (Å²) in [4.78, 5) is 12.7. The third-order valence-electron chi connectivity index (χ3n) is 5.40. The number of aryl methyl sites for hydroxylation is 1. The van der Waals surface area contributed by atoms with Crippen LogP contribution in [0.15, 0.2) is 60.2 Å². The van der Waals surface area contributed by atoms with Gasteiger partial charge in [0.2, 0.25) is 6.79 Å². The summed E-state index contributed by atoms with van der Waals surface area (Å²) in [5.74, 6) is 1.03. The Labute approximate surface area is 181 Å². The Hall–Kier alpha value is -3.98. The number of rotatable bonds is 5. The van der Waals surface area contributed by atoms with Gasteiger partial charge in [0.1, 0.15) is 11.6 Å². The topological polar surface area (TPSA) is 76.3 Å². The van der Waals surface area contributed by atoms with Crippen LogP contribution in [-0.4, -0.2) is 17.3 Å². The van der Waals surface area contributed by atoms with E-state index in [9.17, 15) is 10.1 Å². The van der Waals surface area contributed by atoms with Crippen LogP contribution in [0.3, 0.4) is 0 Å². The normalized spacial score (nSPS) is 13.5. The Bertz CT molecular complexity index is 1200. The van der Waals surface area contributed by atoms with E-state index in [-0.39, 0.29) is 18.4 Å². The number of nitriles is 1. The number of hydrogen-bond donors (Lipinski definition) is 1. The molecule has 1 aliphatic rings. The molecular formula is C25H23N3O3. The van der Waals surface area contributed by atoms with Crippen LogP contribution in [0.4, 0.5) is 0 Å². The van der Waals surface area contributed by atoms with Gasteiger partial charge in [-0.05, 0) is 56.2 Å². The molecule has 6 heteroatoms. The zero-order valence-electron chi connectivity index (χ0n) is 17.7. The Morgan fingerprint density at radius 1 is 1.13 bits per heavy atom. The number of carbonyl (C=O) groups is 1. The maximum atomic E-state index is 12.7. The predicted molar refractivity (Wildman–Crippen MR) is 118 cm³/mol. The highest BCUT2D eigenvalue weighted by Crippen LogP contribution is 2.35. The first kappa shape index (κ1) is 20.3. The smallest absolute Gasteiger partial charge is 0.262 e. The average molecular weight is 413 g/mol. The molecule has 2 heterocycles. The van der Waals surface area contributed by atoms with Crippen LogP contribution >= 0.6 is 0 Å². The van der Waals surface area contributed by atoms with E-state index in [4.69, 9.17) is 9.47 Å². The van der Waals surface area contributed by atoms with Gasteiger partial charge in [0.25, 0.3) is 5.91 Å². The van der Waals surface area contributed by atoms with Crippen molar-refractivity contribution in [2.45, 2.75) is 26.8 Å². The number of nitrogens with one attached hydrogen (secondary N) is 1. The van der Waals surface area contributed by atoms with Crippen molar-refractivity contribution in [3.05, 3.63) is 82.7 Å². The Balaban J connectivity index is 1.61. The third-order valence-corrected chi connectivity index (χ3v) is 5.40. The predicted octanol–water partition coefficient (Wildman–Crippen LogP) is 4.61. The number of nitrogens with zero attached hydrogens (tertiary/aromatic N) is 2. The molecule has 1 aliphatic heterocycles. The minimum absolute atomic E-state index is 0.0636. The molecular weight excluding hydrogens is 390 g/mol. The molecule has 6 nitrogen and oxygen atoms in total. The summed E-state index contributed by atoms with van der Waals surface area (Å²) in [6.45, 7) is 6.06. The standard InChI is InChI=1S/C25H23N3O3/c1-16-11-20(18(3)28(16)22-9-10-23-24(13-22)31-15-30-23)12-21(14-26)25(29)27-17(2)19-7-5-4-6-8-19/h4-13,17H,15H2,1-3H3,(H,27,29)/b21-12-/t17-/m0/s1. The van der Waals surface area contributed by atoms with Crippen LogP contribution in [0.25, 0.3) is 11.8 Å². The first-order valence-corrected chi connectivity index (χ1v) is 10.0. The summed E-state index contributed by atoms with van der Waals surface area (Å²) in [5.41, 5.74) is 4.70. The maximum Gasteiger partial charge on any atom is 0.262 e. The fourth-order valence-corrected chi connectivity index (χ4v) is 3.76. The Morgan fingerprint density at radius 3 is 2.61 bits per heavy atom. The summed E-state index contributed by atoms with van der Waals surface area (Å²) < 4.78 is 12.9. The second kappa shape index (κ2) is 8.41. The van der Waals surface area contributed by atoms with E-state index >= 15 is 0 Å². The number of fused-ring (bicyclic) bond motifs is 1. The van der Waals surface area contributed by atoms with Crippen LogP contribution < -0.4 is 14.8 Å². The summed E-state index contributed by atoms with van der Waals surface area (Å²) in [6.07, 6.45) is 1.64. The van der Waals surface area contributed by atoms with Crippen molar-refractivity contribution in [3.8, 4) is 23.3 Å². The van der Waals surface area contributed by atoms with Gasteiger partial charge in [-0.1, -0.05) is 30.3 Å². The number of ether oxygens (including phenoxy) is 2. The lowest BCUT2D eigenvalue weighted by molar-refractivity contribution is -0.117. The number of amides is 1. The summed E-state index contributed by atoms with van der Waals surface area (Å²) in [6, 6.07) is 19.2. The van der Waals surface area contributed by atoms with Crippen molar-refractivity contribution in [1.82, 2.24) is 9.88 Å². The molecule has 31 heavy (non-hydrogen) atoms. The highest BCUT2D eigenvalue weighted by atomic mass is 16.7. The SMILES string of the molecule is Cc1cc(/C=C(/C#N)C(=O)N[C@@H](C)c2ccccc2)c(C)n1-c1ccc2c(c1)OCO2. The molecule has 4 rings (SSSR count). The molecule has 0 aliphatic carbocycles. The van der Waals surface area contributed by atoms with E-state index < -0.39 is 5.91 Å². The minimum atomic E-state index is -0.397. The van der Waals surface area contributed by atoms with Gasteiger partial charge in [-0.3, -0.25) is 4.79 Å². The first-order valence-electron chi connectivity index (χ1n) is 10.0. The fraction of sp³-hybridized carbons (Fsp3) is 0.200. The van der Waals surface area contributed by atoms with Crippen LogP contribution in [0.1, 0.15) is 35.5 Å². The lowest BCUT2D eigenvalue weighted by atomic mass is 10.1. The molecule has 3 aromatic rings. The molecule has 0 unspecified atom stereocenters. The number of carbonyl (C=O) groups excluding carboxylic acids is 1. The first-order chi connectivity index (χ1) is 15.0. The highest BCUT2D eigenvalue weighted by molar-refractivity contribution is 6.02. The molecule has 1 atom stereocenters. The minimum Gasteiger partial charge on any atom is -0.454 e. The molecule has 0 radical (unpaired) electrons. The van der Waals surface area contributed by atoms with E-state index in [1.54, 1.807) is 6.08 Å². The lowest BCUT2D eigenvalue weighted by Crippen LogP contribution is -2.27. The van der Waals surface area contributed by atoms with Crippen LogP contribution in [0, 0.1) is 25.2 Å². The van der Waals surface area contributed by atoms with Crippen LogP contribution in [-0.2, 0) is 4.79 Å². The molecule has 2 aromatic carbocycles. The molecule has 0 bridgehead atoms. The van der Waals surface area contributed by atoms with Crippen molar-refractivity contribution in [2.75, 3.05) is 6.79 Å². The zero-order chi connectivity index (χ0) is 22.0. The summed E-state index contributed by atoms with van der Waals surface area (Å²) in [7, 11) is 0. The van der Waals surface area contributed by atoms with E-state index in [1.165, 1.54) is 0 Å². The molecule has 0 saturated carbocycles. The van der Waals surface area contributed by atoms with Crippen molar-refractivity contribution >= 4 is 12.0 Å². The molecule has 0 spiro atoms. The van der Waals surface area contributed by atoms with E-state index in [0.29, 0.717) is 5.75 Å². The number of hydrogen-bond acceptors (Lipinski definition) is 4. The quantitative estimate of drug-likeness (QED) is 0.490. The van der Waals surface area contributed by atoms with Gasteiger partial charge in [0.05, 0.1) is 6.04 Å². The Kier molecular flexibility index (Phi) is 5.50. The van der Waals surface area contributed by atoms with Crippen molar-refractivity contribution in [3.63, 3.8) is 0 Å². The molecule has 0 saturated heterocycles. The van der Waals surface area contributed by atoms with Gasteiger partial charge >= 0.3 is 0 Å². The highest BCUT2D eigenvalue weighted by Gasteiger charge is 2.18. The monoisotopic (exact) mass is 413 g/mol. The maximum absolute atomic E-state index is 12.7. The average Bonchev–Trinajstić information content (AvgIpc) is 3.35. The number of aromatic nitrogens is 1. The van der Waals surface area contributed by atoms with Crippen molar-refractivity contribution < 1.29 is 14.3 Å². The zero-order valence-corrected chi connectivity index (χ0v) is 17.7. The Morgan fingerprint density at radius 2 is 1.87 bits per heavy atom. The van der Waals surface area contributed by atoms with Gasteiger partial charge in [-0.25, -0.2) is 0 Å². The van der Waals surface area contributed by atoms with E-state index in [2.05, 4.69) is 9.88 Å². The molecule has 156 valence electrons. The molecule has 1 aromatic heterocycles.